The maximum atomic E-state index is 13.2. The molecule has 3 aromatic rings. The monoisotopic (exact) mass is 428 g/mol. The number of ether oxygens (including phenoxy) is 1. The molecule has 32 heavy (non-hydrogen) atoms. The van der Waals surface area contributed by atoms with Crippen molar-refractivity contribution in [3.05, 3.63) is 90.0 Å². The molecule has 1 N–H and O–H groups in total. The molecule has 7 nitrogen and oxygen atoms in total. The van der Waals surface area contributed by atoms with E-state index in [9.17, 15) is 9.59 Å². The zero-order chi connectivity index (χ0) is 22.0. The fourth-order valence-corrected chi connectivity index (χ4v) is 4.63. The molecule has 1 spiro atoms. The fraction of sp³-hybridized carbons (Fsp3) is 0.280. The second kappa shape index (κ2) is 8.51. The van der Waals surface area contributed by atoms with E-state index in [1.807, 2.05) is 42.5 Å². The molecular weight excluding hydrogens is 404 g/mol. The number of fused-ring (bicyclic) bond motifs is 2. The van der Waals surface area contributed by atoms with Gasteiger partial charge in [0.1, 0.15) is 6.10 Å². The van der Waals surface area contributed by atoms with Crippen LogP contribution >= 0.6 is 0 Å². The number of pyridine rings is 2. The molecule has 2 aromatic heterocycles. The van der Waals surface area contributed by atoms with E-state index in [4.69, 9.17) is 4.74 Å². The maximum absolute atomic E-state index is 13.2. The van der Waals surface area contributed by atoms with Gasteiger partial charge in [-0.3, -0.25) is 19.6 Å². The molecule has 1 fully saturated rings. The first-order valence-corrected chi connectivity index (χ1v) is 10.8. The molecule has 1 aromatic carbocycles. The van der Waals surface area contributed by atoms with Crippen molar-refractivity contribution in [3.63, 3.8) is 0 Å². The molecule has 0 aliphatic carbocycles. The molecule has 162 valence electrons. The molecule has 2 unspecified atom stereocenters. The molecule has 0 bridgehead atoms. The Hall–Kier alpha value is -3.58. The predicted molar refractivity (Wildman–Crippen MR) is 119 cm³/mol. The van der Waals surface area contributed by atoms with Gasteiger partial charge in [-0.05, 0) is 42.3 Å². The van der Waals surface area contributed by atoms with Gasteiger partial charge in [0.05, 0.1) is 12.2 Å². The van der Waals surface area contributed by atoms with Gasteiger partial charge < -0.3 is 15.0 Å². The molecule has 2 amide bonds. The van der Waals surface area contributed by atoms with E-state index < -0.39 is 11.5 Å². The third-order valence-corrected chi connectivity index (χ3v) is 6.22. The van der Waals surface area contributed by atoms with Crippen molar-refractivity contribution in [1.29, 1.82) is 0 Å². The van der Waals surface area contributed by atoms with Crippen LogP contribution in [0.4, 0.5) is 5.69 Å². The van der Waals surface area contributed by atoms with Crippen molar-refractivity contribution in [2.24, 2.45) is 0 Å². The molecule has 2 aliphatic heterocycles. The summed E-state index contributed by atoms with van der Waals surface area (Å²) < 4.78 is 5.97. The van der Waals surface area contributed by atoms with E-state index in [1.54, 1.807) is 35.6 Å². The second-order valence-electron chi connectivity index (χ2n) is 8.30. The highest BCUT2D eigenvalue weighted by Gasteiger charge is 2.51. The summed E-state index contributed by atoms with van der Waals surface area (Å²) in [5, 5.41) is 2.97. The number of para-hydroxylation sites is 1. The van der Waals surface area contributed by atoms with Gasteiger partial charge in [0.2, 0.25) is 5.91 Å². The number of hydrogen-bond acceptors (Lipinski definition) is 5. The Kier molecular flexibility index (Phi) is 5.41. The van der Waals surface area contributed by atoms with Crippen LogP contribution in [0.2, 0.25) is 0 Å². The Morgan fingerprint density at radius 1 is 1.09 bits per heavy atom. The van der Waals surface area contributed by atoms with Gasteiger partial charge in [0.25, 0.3) is 5.91 Å². The minimum Gasteiger partial charge on any atom is -0.367 e. The third kappa shape index (κ3) is 3.76. The van der Waals surface area contributed by atoms with Crippen LogP contribution in [0.5, 0.6) is 0 Å². The van der Waals surface area contributed by atoms with Crippen LogP contribution in [-0.2, 0) is 21.4 Å². The van der Waals surface area contributed by atoms with E-state index in [1.165, 1.54) is 0 Å². The Bertz CT molecular complexity index is 1120. The Labute approximate surface area is 186 Å². The maximum Gasteiger partial charge on any atom is 0.259 e. The summed E-state index contributed by atoms with van der Waals surface area (Å²) in [5.41, 5.74) is 3.02. The molecule has 5 rings (SSSR count). The van der Waals surface area contributed by atoms with Gasteiger partial charge in [-0.1, -0.05) is 24.3 Å². The molecule has 4 heterocycles. The van der Waals surface area contributed by atoms with Gasteiger partial charge >= 0.3 is 0 Å². The van der Waals surface area contributed by atoms with Gasteiger partial charge in [0.15, 0.2) is 0 Å². The van der Waals surface area contributed by atoms with Crippen molar-refractivity contribution < 1.29 is 14.3 Å². The third-order valence-electron chi connectivity index (χ3n) is 6.22. The van der Waals surface area contributed by atoms with Gasteiger partial charge in [-0.15, -0.1) is 0 Å². The van der Waals surface area contributed by atoms with Crippen molar-refractivity contribution in [2.45, 2.75) is 24.4 Å². The van der Waals surface area contributed by atoms with Crippen LogP contribution in [0.1, 0.15) is 28.0 Å². The smallest absolute Gasteiger partial charge is 0.259 e. The normalized spacial score (nSPS) is 21.5. The van der Waals surface area contributed by atoms with Gasteiger partial charge in [-0.25, -0.2) is 0 Å². The first-order chi connectivity index (χ1) is 15.7. The highest BCUT2D eigenvalue weighted by atomic mass is 16.5. The lowest BCUT2D eigenvalue weighted by atomic mass is 9.80. The number of carbonyl (C=O) groups is 2. The number of nitrogens with zero attached hydrogens (tertiary/aromatic N) is 3. The molecule has 2 atom stereocenters. The summed E-state index contributed by atoms with van der Waals surface area (Å²) >= 11 is 0. The second-order valence-corrected chi connectivity index (χ2v) is 8.30. The van der Waals surface area contributed by atoms with Crippen LogP contribution in [0.15, 0.2) is 73.2 Å². The highest BCUT2D eigenvalue weighted by molar-refractivity contribution is 6.07. The largest absolute Gasteiger partial charge is 0.367 e. The standard InChI is InChI=1S/C25H24N4O3/c30-23(28-13-10-19-7-3-4-12-27-19)22-14-25(17-32-22)16-29(21-9-2-1-8-20(21)25)24(31)18-6-5-11-26-15-18/h1-9,11-12,15,22H,10,13-14,16-17H2,(H,28,30). The Morgan fingerprint density at radius 2 is 1.97 bits per heavy atom. The van der Waals surface area contributed by atoms with Crippen LogP contribution in [-0.4, -0.2) is 47.6 Å². The number of hydrogen-bond donors (Lipinski definition) is 1. The first kappa shape index (κ1) is 20.3. The summed E-state index contributed by atoms with van der Waals surface area (Å²) in [5.74, 6) is -0.210. The van der Waals surface area contributed by atoms with E-state index in [0.717, 1.165) is 16.9 Å². The van der Waals surface area contributed by atoms with Crippen LogP contribution < -0.4 is 10.2 Å². The zero-order valence-corrected chi connectivity index (χ0v) is 17.6. The van der Waals surface area contributed by atoms with Gasteiger partial charge in [-0.2, -0.15) is 0 Å². The van der Waals surface area contributed by atoms with Crippen LogP contribution in [0.3, 0.4) is 0 Å². The van der Waals surface area contributed by atoms with Crippen LogP contribution in [0.25, 0.3) is 0 Å². The van der Waals surface area contributed by atoms with Crippen molar-refractivity contribution in [2.75, 3.05) is 24.6 Å². The summed E-state index contributed by atoms with van der Waals surface area (Å²) in [6.45, 7) is 1.39. The predicted octanol–water partition coefficient (Wildman–Crippen LogP) is 2.52. The van der Waals surface area contributed by atoms with E-state index in [0.29, 0.717) is 38.1 Å². The number of benzene rings is 1. The lowest BCUT2D eigenvalue weighted by Gasteiger charge is -2.23. The van der Waals surface area contributed by atoms with Crippen LogP contribution in [0, 0.1) is 0 Å². The number of amides is 2. The number of anilines is 1. The highest BCUT2D eigenvalue weighted by Crippen LogP contribution is 2.47. The van der Waals surface area contributed by atoms with Gasteiger partial charge in [0, 0.05) is 54.9 Å². The molecule has 1 saturated heterocycles. The van der Waals surface area contributed by atoms with E-state index >= 15 is 0 Å². The van der Waals surface area contributed by atoms with E-state index in [2.05, 4.69) is 15.3 Å². The minimum absolute atomic E-state index is 0.0920. The SMILES string of the molecule is O=C(NCCc1ccccn1)C1CC2(CO1)CN(C(=O)c1cccnc1)c1ccccc12. The van der Waals surface area contributed by atoms with E-state index in [-0.39, 0.29) is 11.8 Å². The summed E-state index contributed by atoms with van der Waals surface area (Å²) in [4.78, 5) is 36.1. The summed E-state index contributed by atoms with van der Waals surface area (Å²) in [6, 6.07) is 17.2. The van der Waals surface area contributed by atoms with Crippen molar-refractivity contribution in [1.82, 2.24) is 15.3 Å². The summed E-state index contributed by atoms with van der Waals surface area (Å²) in [7, 11) is 0. The summed E-state index contributed by atoms with van der Waals surface area (Å²) in [6.07, 6.45) is 5.64. The Morgan fingerprint density at radius 3 is 2.78 bits per heavy atom. The van der Waals surface area contributed by atoms with Crippen molar-refractivity contribution >= 4 is 17.5 Å². The lowest BCUT2D eigenvalue weighted by Crippen LogP contribution is -2.39. The zero-order valence-electron chi connectivity index (χ0n) is 17.6. The minimum atomic E-state index is -0.541. The molecule has 2 aliphatic rings. The number of nitrogens with one attached hydrogen (secondary N) is 1. The van der Waals surface area contributed by atoms with Crippen molar-refractivity contribution in [3.8, 4) is 0 Å². The fourth-order valence-electron chi connectivity index (χ4n) is 4.63. The topological polar surface area (TPSA) is 84.4 Å². The molecule has 7 heteroatoms. The first-order valence-electron chi connectivity index (χ1n) is 10.8. The average Bonchev–Trinajstić information content (AvgIpc) is 3.42. The molecule has 0 saturated carbocycles. The Balaban J connectivity index is 1.29. The quantitative estimate of drug-likeness (QED) is 0.675. The number of carbonyl (C=O) groups excluding carboxylic acids is 2. The molecular formula is C25H24N4O3. The number of rotatable bonds is 5. The average molecular weight is 428 g/mol. The molecule has 0 radical (unpaired) electrons. The lowest BCUT2D eigenvalue weighted by molar-refractivity contribution is -0.130. The number of aromatic nitrogens is 2.